The molecule has 4 aliphatic rings. The molecule has 0 saturated carbocycles. The van der Waals surface area contributed by atoms with E-state index in [9.17, 15) is 0 Å². The molecule has 0 amide bonds. The van der Waals surface area contributed by atoms with E-state index >= 15 is 0 Å². The number of methoxy groups -OCH3 is 1. The number of rotatable bonds is 2. The summed E-state index contributed by atoms with van der Waals surface area (Å²) in [5.74, 6) is 1.81. The summed E-state index contributed by atoms with van der Waals surface area (Å²) in [6.07, 6.45) is 7.77. The number of piperidine rings is 2. The van der Waals surface area contributed by atoms with Crippen molar-refractivity contribution < 1.29 is 9.15 Å². The highest BCUT2D eigenvalue weighted by Gasteiger charge is 2.20. The standard InChI is InChI=1S/C24H29N2O2/c1-27-24-20-10-8-18(25-12-4-2-5-13-25)16-22(20)28-23-17-19(9-11-21(23)24)26-14-6-3-7-15-26/h8-11,16-17H,2-7,12-15H2,1H3/q+1. The normalized spacial score (nSPS) is 18.0. The van der Waals surface area contributed by atoms with Gasteiger partial charge in [0.25, 0.3) is 0 Å². The zero-order valence-corrected chi connectivity index (χ0v) is 16.7. The van der Waals surface area contributed by atoms with Gasteiger partial charge in [-0.2, -0.15) is 0 Å². The van der Waals surface area contributed by atoms with Crippen LogP contribution in [0.25, 0.3) is 22.3 Å². The molecule has 1 aliphatic carbocycles. The highest BCUT2D eigenvalue weighted by Crippen LogP contribution is 2.39. The minimum absolute atomic E-state index is 0.906. The van der Waals surface area contributed by atoms with Crippen LogP contribution in [0, 0.1) is 0 Å². The van der Waals surface area contributed by atoms with E-state index in [0.29, 0.717) is 0 Å². The van der Waals surface area contributed by atoms with E-state index in [0.717, 1.165) is 54.2 Å². The Morgan fingerprint density at radius 2 is 1.68 bits per heavy atom. The number of fused-ring (bicyclic) bond motifs is 2. The van der Waals surface area contributed by atoms with Crippen LogP contribution >= 0.6 is 0 Å². The second-order valence-electron chi connectivity index (χ2n) is 8.09. The van der Waals surface area contributed by atoms with Crippen LogP contribution in [0.1, 0.15) is 38.5 Å². The lowest BCUT2D eigenvalue weighted by Crippen LogP contribution is -2.34. The van der Waals surface area contributed by atoms with Crippen LogP contribution < -0.4 is 19.6 Å². The minimum Gasteiger partial charge on any atom is -0.495 e. The molecule has 28 heavy (non-hydrogen) atoms. The van der Waals surface area contributed by atoms with E-state index < -0.39 is 0 Å². The molecule has 3 aliphatic heterocycles. The van der Waals surface area contributed by atoms with Crippen LogP contribution in [-0.4, -0.2) is 33.3 Å². The predicted octanol–water partition coefficient (Wildman–Crippen LogP) is 4.49. The number of anilines is 1. The van der Waals surface area contributed by atoms with Crippen LogP contribution in [0.2, 0.25) is 0 Å². The highest BCUT2D eigenvalue weighted by atomic mass is 16.5. The van der Waals surface area contributed by atoms with Gasteiger partial charge in [0.15, 0.2) is 0 Å². The predicted molar refractivity (Wildman–Crippen MR) is 114 cm³/mol. The van der Waals surface area contributed by atoms with Gasteiger partial charge < -0.3 is 14.1 Å². The number of hydrogen-bond acceptors (Lipinski definition) is 3. The van der Waals surface area contributed by atoms with Crippen LogP contribution in [0.3, 0.4) is 0 Å². The average Bonchev–Trinajstić information content (AvgIpc) is 2.78. The molecule has 0 bridgehead atoms. The maximum absolute atomic E-state index is 6.42. The Balaban J connectivity index is 1.67. The second-order valence-corrected chi connectivity index (χ2v) is 8.09. The van der Waals surface area contributed by atoms with Gasteiger partial charge in [0.05, 0.1) is 24.1 Å². The molecule has 0 N–H and O–H groups in total. The quantitative estimate of drug-likeness (QED) is 0.487. The third-order valence-corrected chi connectivity index (χ3v) is 6.29. The number of ether oxygens (including phenoxy) is 1. The second kappa shape index (κ2) is 7.50. The summed E-state index contributed by atoms with van der Waals surface area (Å²) in [5.41, 5.74) is 3.20. The van der Waals surface area contributed by atoms with E-state index in [1.165, 1.54) is 49.6 Å². The molecule has 5 rings (SSSR count). The highest BCUT2D eigenvalue weighted by molar-refractivity contribution is 5.93. The summed E-state index contributed by atoms with van der Waals surface area (Å²) in [5, 5.41) is 2.30. The van der Waals surface area contributed by atoms with E-state index in [2.05, 4.69) is 45.9 Å². The molecule has 0 atom stereocenters. The lowest BCUT2D eigenvalue weighted by Gasteiger charge is -2.29. The first-order valence-electron chi connectivity index (χ1n) is 10.7. The zero-order valence-electron chi connectivity index (χ0n) is 16.7. The van der Waals surface area contributed by atoms with Crippen molar-refractivity contribution in [2.45, 2.75) is 38.5 Å². The summed E-state index contributed by atoms with van der Waals surface area (Å²) in [6.45, 7) is 4.54. The maximum atomic E-state index is 6.42. The fourth-order valence-electron chi connectivity index (χ4n) is 4.75. The van der Waals surface area contributed by atoms with Gasteiger partial charge in [-0.05, 0) is 43.9 Å². The third kappa shape index (κ3) is 3.15. The van der Waals surface area contributed by atoms with Crippen molar-refractivity contribution in [1.82, 2.24) is 4.58 Å². The first-order chi connectivity index (χ1) is 13.8. The number of nitrogens with zero attached hydrogens (tertiary/aromatic N) is 2. The van der Waals surface area contributed by atoms with Crippen LogP contribution in [-0.2, 0) is 0 Å². The fraction of sp³-hybridized carbons (Fsp3) is 0.458. The van der Waals surface area contributed by atoms with Crippen LogP contribution in [0.15, 0.2) is 40.8 Å². The maximum Gasteiger partial charge on any atom is 0.203 e. The van der Waals surface area contributed by atoms with Crippen molar-refractivity contribution in [3.8, 4) is 17.1 Å². The van der Waals surface area contributed by atoms with Gasteiger partial charge in [0, 0.05) is 43.8 Å². The summed E-state index contributed by atoms with van der Waals surface area (Å²) >= 11 is 0. The van der Waals surface area contributed by atoms with Gasteiger partial charge in [-0.1, -0.05) is 0 Å². The van der Waals surface area contributed by atoms with Gasteiger partial charge in [-0.25, -0.2) is 4.58 Å². The molecule has 4 heteroatoms. The fourth-order valence-corrected chi connectivity index (χ4v) is 4.75. The zero-order chi connectivity index (χ0) is 18.9. The molecular formula is C24H29N2O2+. The molecule has 2 fully saturated rings. The molecule has 0 unspecified atom stereocenters. The summed E-state index contributed by atoms with van der Waals surface area (Å²) < 4.78 is 14.7. The summed E-state index contributed by atoms with van der Waals surface area (Å²) in [4.78, 5) is 2.47. The average molecular weight is 378 g/mol. The van der Waals surface area contributed by atoms with Crippen molar-refractivity contribution in [3.05, 3.63) is 41.8 Å². The third-order valence-electron chi connectivity index (χ3n) is 6.29. The molecule has 146 valence electrons. The Bertz CT molecular complexity index is 1020. The minimum atomic E-state index is 0.906. The molecular weight excluding hydrogens is 348 g/mol. The number of benzene rings is 2. The van der Waals surface area contributed by atoms with Gasteiger partial charge >= 0.3 is 0 Å². The van der Waals surface area contributed by atoms with E-state index in [1.54, 1.807) is 7.11 Å². The van der Waals surface area contributed by atoms with Crippen molar-refractivity contribution in [2.24, 2.45) is 0 Å². The Morgan fingerprint density at radius 3 is 2.46 bits per heavy atom. The molecule has 2 saturated heterocycles. The first kappa shape index (κ1) is 17.6. The molecule has 4 nitrogen and oxygen atoms in total. The Labute approximate surface area is 166 Å². The molecule has 3 heterocycles. The van der Waals surface area contributed by atoms with Crippen molar-refractivity contribution in [3.63, 3.8) is 0 Å². The van der Waals surface area contributed by atoms with Crippen LogP contribution in [0.4, 0.5) is 5.69 Å². The van der Waals surface area contributed by atoms with Gasteiger partial charge in [0.1, 0.15) is 30.2 Å². The smallest absolute Gasteiger partial charge is 0.203 e. The van der Waals surface area contributed by atoms with Gasteiger partial charge in [-0.3, -0.25) is 0 Å². The van der Waals surface area contributed by atoms with Gasteiger partial charge in [0.2, 0.25) is 5.36 Å². The largest absolute Gasteiger partial charge is 0.495 e. The van der Waals surface area contributed by atoms with E-state index in [4.69, 9.17) is 9.15 Å². The van der Waals surface area contributed by atoms with Crippen molar-refractivity contribution in [2.75, 3.05) is 38.2 Å². The molecule has 0 radical (unpaired) electrons. The lowest BCUT2D eigenvalue weighted by molar-refractivity contribution is 0.417. The first-order valence-corrected chi connectivity index (χ1v) is 10.7. The van der Waals surface area contributed by atoms with Crippen molar-refractivity contribution in [1.29, 1.82) is 0 Å². The topological polar surface area (TPSA) is 28.6 Å². The Kier molecular flexibility index (Phi) is 4.71. The Morgan fingerprint density at radius 1 is 0.893 bits per heavy atom. The molecule has 0 spiro atoms. The molecule has 0 aromatic heterocycles. The van der Waals surface area contributed by atoms with Crippen LogP contribution in [0.5, 0.6) is 5.75 Å². The SMILES string of the molecule is COc1c2ccc(=[N+]3CCCCC3)cc-2oc2cc(N3CCCCC3)ccc12. The number of hydrogen-bond donors (Lipinski definition) is 0. The van der Waals surface area contributed by atoms with E-state index in [1.807, 2.05) is 0 Å². The van der Waals surface area contributed by atoms with Crippen molar-refractivity contribution >= 4 is 16.7 Å². The lowest BCUT2D eigenvalue weighted by atomic mass is 10.0. The van der Waals surface area contributed by atoms with Gasteiger partial charge in [-0.15, -0.1) is 0 Å². The molecule has 1 aromatic carbocycles. The summed E-state index contributed by atoms with van der Waals surface area (Å²) in [6, 6.07) is 13.1. The Hall–Kier alpha value is -2.49. The molecule has 1 aromatic rings. The summed E-state index contributed by atoms with van der Waals surface area (Å²) in [7, 11) is 1.76. The monoisotopic (exact) mass is 377 g/mol. The van der Waals surface area contributed by atoms with E-state index in [-0.39, 0.29) is 0 Å².